The maximum absolute atomic E-state index is 4.50. The van der Waals surface area contributed by atoms with E-state index in [1.165, 1.54) is 24.2 Å². The van der Waals surface area contributed by atoms with Gasteiger partial charge in [0.1, 0.15) is 0 Å². The van der Waals surface area contributed by atoms with Crippen LogP contribution >= 0.6 is 11.3 Å². The molecule has 16 heavy (non-hydrogen) atoms. The number of hydrazine groups is 1. The van der Waals surface area contributed by atoms with Crippen LogP contribution in [0.15, 0.2) is 11.6 Å². The van der Waals surface area contributed by atoms with Crippen molar-refractivity contribution < 1.29 is 0 Å². The van der Waals surface area contributed by atoms with Gasteiger partial charge >= 0.3 is 0 Å². The fourth-order valence-corrected chi connectivity index (χ4v) is 2.39. The summed E-state index contributed by atoms with van der Waals surface area (Å²) in [6, 6.07) is 0. The molecule has 0 amide bonds. The first-order valence-electron chi connectivity index (χ1n) is 5.41. The molecule has 6 heteroatoms. The first-order chi connectivity index (χ1) is 7.92. The SMILES string of the molecule is c1csc(NNc2nc3c([nH]2)CCCC3)n1. The lowest BCUT2D eigenvalue weighted by Gasteiger charge is -2.07. The van der Waals surface area contributed by atoms with E-state index in [0.29, 0.717) is 0 Å². The normalized spacial score (nSPS) is 14.5. The number of aryl methyl sites for hydroxylation is 2. The molecule has 84 valence electrons. The monoisotopic (exact) mass is 235 g/mol. The van der Waals surface area contributed by atoms with Gasteiger partial charge in [-0.2, -0.15) is 0 Å². The number of thiazole rings is 1. The number of aromatic amines is 1. The second-order valence-corrected chi connectivity index (χ2v) is 4.70. The number of hydrogen-bond donors (Lipinski definition) is 3. The summed E-state index contributed by atoms with van der Waals surface area (Å²) in [5.74, 6) is 0.780. The fraction of sp³-hybridized carbons (Fsp3) is 0.400. The molecule has 0 atom stereocenters. The summed E-state index contributed by atoms with van der Waals surface area (Å²) in [6.45, 7) is 0. The molecule has 2 aromatic rings. The van der Waals surface area contributed by atoms with Gasteiger partial charge in [-0.3, -0.25) is 10.9 Å². The molecule has 2 heterocycles. The third-order valence-electron chi connectivity index (χ3n) is 2.67. The molecule has 0 saturated carbocycles. The van der Waals surface area contributed by atoms with Crippen molar-refractivity contribution in [1.82, 2.24) is 15.0 Å². The minimum atomic E-state index is 0.780. The van der Waals surface area contributed by atoms with Crippen LogP contribution < -0.4 is 10.9 Å². The van der Waals surface area contributed by atoms with Crippen molar-refractivity contribution >= 4 is 22.4 Å². The quantitative estimate of drug-likeness (QED) is 0.713. The first kappa shape index (κ1) is 9.65. The highest BCUT2D eigenvalue weighted by atomic mass is 32.1. The highest BCUT2D eigenvalue weighted by molar-refractivity contribution is 7.13. The summed E-state index contributed by atoms with van der Waals surface area (Å²) < 4.78 is 0. The van der Waals surface area contributed by atoms with Gasteiger partial charge in [0, 0.05) is 17.3 Å². The van der Waals surface area contributed by atoms with E-state index in [-0.39, 0.29) is 0 Å². The Bertz CT molecular complexity index is 438. The fourth-order valence-electron chi connectivity index (χ4n) is 1.91. The Labute approximate surface area is 97.3 Å². The lowest BCUT2D eigenvalue weighted by atomic mass is 10.0. The number of nitrogens with zero attached hydrogens (tertiary/aromatic N) is 2. The zero-order valence-electron chi connectivity index (χ0n) is 8.79. The number of anilines is 2. The van der Waals surface area contributed by atoms with Crippen LogP contribution in [-0.2, 0) is 12.8 Å². The van der Waals surface area contributed by atoms with Crippen molar-refractivity contribution in [2.75, 3.05) is 10.9 Å². The molecular weight excluding hydrogens is 222 g/mol. The smallest absolute Gasteiger partial charge is 0.219 e. The lowest BCUT2D eigenvalue weighted by molar-refractivity contribution is 0.667. The average Bonchev–Trinajstić information content (AvgIpc) is 2.95. The van der Waals surface area contributed by atoms with Crippen LogP contribution in [0, 0.1) is 0 Å². The standard InChI is InChI=1S/C10H13N5S/c1-2-4-8-7(3-1)12-9(13-8)14-15-10-11-5-6-16-10/h5-6H,1-4H2,(H,11,15)(H2,12,13,14). The number of nitrogens with one attached hydrogen (secondary N) is 3. The van der Waals surface area contributed by atoms with Crippen molar-refractivity contribution in [3.8, 4) is 0 Å². The van der Waals surface area contributed by atoms with Gasteiger partial charge in [0.25, 0.3) is 0 Å². The molecule has 0 bridgehead atoms. The molecule has 0 radical (unpaired) electrons. The summed E-state index contributed by atoms with van der Waals surface area (Å²) in [5, 5.41) is 2.77. The Morgan fingerprint density at radius 3 is 3.00 bits per heavy atom. The van der Waals surface area contributed by atoms with Gasteiger partial charge in [0.15, 0.2) is 0 Å². The molecule has 1 aliphatic carbocycles. The minimum absolute atomic E-state index is 0.780. The van der Waals surface area contributed by atoms with E-state index >= 15 is 0 Å². The van der Waals surface area contributed by atoms with Crippen molar-refractivity contribution in [3.05, 3.63) is 23.0 Å². The number of fused-ring (bicyclic) bond motifs is 1. The van der Waals surface area contributed by atoms with Gasteiger partial charge in [-0.15, -0.1) is 11.3 Å². The third kappa shape index (κ3) is 1.88. The van der Waals surface area contributed by atoms with Crippen molar-refractivity contribution in [1.29, 1.82) is 0 Å². The van der Waals surface area contributed by atoms with Crippen LogP contribution in [0.1, 0.15) is 24.2 Å². The summed E-state index contributed by atoms with van der Waals surface area (Å²) >= 11 is 1.55. The van der Waals surface area contributed by atoms with Crippen LogP contribution in [0.4, 0.5) is 11.1 Å². The zero-order valence-corrected chi connectivity index (χ0v) is 9.60. The van der Waals surface area contributed by atoms with E-state index in [2.05, 4.69) is 25.8 Å². The van der Waals surface area contributed by atoms with Gasteiger partial charge in [-0.25, -0.2) is 9.97 Å². The number of H-pyrrole nitrogens is 1. The van der Waals surface area contributed by atoms with E-state index in [0.717, 1.165) is 23.9 Å². The van der Waals surface area contributed by atoms with Gasteiger partial charge in [-0.05, 0) is 25.7 Å². The molecule has 0 spiro atoms. The minimum Gasteiger partial charge on any atom is -0.327 e. The summed E-state index contributed by atoms with van der Waals surface area (Å²) in [5.41, 5.74) is 8.53. The first-order valence-corrected chi connectivity index (χ1v) is 6.29. The maximum Gasteiger partial charge on any atom is 0.219 e. The maximum atomic E-state index is 4.50. The number of imidazole rings is 1. The average molecular weight is 235 g/mol. The number of rotatable bonds is 3. The van der Waals surface area contributed by atoms with E-state index in [4.69, 9.17) is 0 Å². The van der Waals surface area contributed by atoms with Gasteiger partial charge in [0.2, 0.25) is 11.1 Å². The Morgan fingerprint density at radius 2 is 2.19 bits per heavy atom. The van der Waals surface area contributed by atoms with E-state index < -0.39 is 0 Å². The summed E-state index contributed by atoms with van der Waals surface area (Å²) in [4.78, 5) is 11.9. The largest absolute Gasteiger partial charge is 0.327 e. The van der Waals surface area contributed by atoms with Crippen molar-refractivity contribution in [2.24, 2.45) is 0 Å². The topological polar surface area (TPSA) is 65.6 Å². The lowest BCUT2D eigenvalue weighted by Crippen LogP contribution is -2.09. The van der Waals surface area contributed by atoms with Crippen molar-refractivity contribution in [2.45, 2.75) is 25.7 Å². The predicted molar refractivity (Wildman–Crippen MR) is 64.6 cm³/mol. The number of hydrogen-bond acceptors (Lipinski definition) is 5. The molecule has 0 saturated heterocycles. The Morgan fingerprint density at radius 1 is 1.25 bits per heavy atom. The van der Waals surface area contributed by atoms with Crippen LogP contribution in [0.2, 0.25) is 0 Å². The van der Waals surface area contributed by atoms with Gasteiger partial charge < -0.3 is 4.98 Å². The summed E-state index contributed by atoms with van der Waals surface area (Å²) in [7, 11) is 0. The zero-order chi connectivity index (χ0) is 10.8. The molecular formula is C10H13N5S. The van der Waals surface area contributed by atoms with Crippen LogP contribution in [0.5, 0.6) is 0 Å². The van der Waals surface area contributed by atoms with Gasteiger partial charge in [-0.1, -0.05) is 0 Å². The highest BCUT2D eigenvalue weighted by Crippen LogP contribution is 2.20. The Balaban J connectivity index is 1.68. The molecule has 0 aliphatic heterocycles. The highest BCUT2D eigenvalue weighted by Gasteiger charge is 2.13. The molecule has 5 nitrogen and oxygen atoms in total. The molecule has 0 unspecified atom stereocenters. The molecule has 3 rings (SSSR count). The molecule has 0 fully saturated rings. The van der Waals surface area contributed by atoms with Gasteiger partial charge in [0.05, 0.1) is 5.69 Å². The Kier molecular flexibility index (Phi) is 2.49. The van der Waals surface area contributed by atoms with Crippen LogP contribution in [-0.4, -0.2) is 15.0 Å². The summed E-state index contributed by atoms with van der Waals surface area (Å²) in [6.07, 6.45) is 6.47. The molecule has 1 aliphatic rings. The number of aromatic nitrogens is 3. The van der Waals surface area contributed by atoms with E-state index in [1.807, 2.05) is 5.38 Å². The molecule has 0 aromatic carbocycles. The van der Waals surface area contributed by atoms with Crippen LogP contribution in [0.25, 0.3) is 0 Å². The third-order valence-corrected chi connectivity index (χ3v) is 3.36. The second kappa shape index (κ2) is 4.13. The second-order valence-electron chi connectivity index (χ2n) is 3.81. The predicted octanol–water partition coefficient (Wildman–Crippen LogP) is 2.18. The van der Waals surface area contributed by atoms with E-state index in [9.17, 15) is 0 Å². The molecule has 3 N–H and O–H groups in total. The van der Waals surface area contributed by atoms with Crippen molar-refractivity contribution in [3.63, 3.8) is 0 Å². The molecule has 2 aromatic heterocycles. The van der Waals surface area contributed by atoms with E-state index in [1.54, 1.807) is 17.5 Å². The Hall–Kier alpha value is -1.56. The van der Waals surface area contributed by atoms with Crippen LogP contribution in [0.3, 0.4) is 0 Å².